The molecule has 0 radical (unpaired) electrons. The predicted octanol–water partition coefficient (Wildman–Crippen LogP) is 4.14. The third-order valence-electron chi connectivity index (χ3n) is 5.33. The second kappa shape index (κ2) is 3.51. The van der Waals surface area contributed by atoms with Crippen LogP contribution in [0.3, 0.4) is 0 Å². The minimum atomic E-state index is 0.387. The first-order valence-corrected chi connectivity index (χ1v) is 6.89. The summed E-state index contributed by atoms with van der Waals surface area (Å²) in [5.41, 5.74) is 0.508. The van der Waals surface area contributed by atoms with Gasteiger partial charge < -0.3 is 4.74 Å². The third kappa shape index (κ3) is 1.59. The van der Waals surface area contributed by atoms with E-state index in [4.69, 9.17) is 4.74 Å². The molecule has 1 heteroatoms. The molecule has 0 aliphatic heterocycles. The molecule has 0 aromatic rings. The van der Waals surface area contributed by atoms with E-state index in [0.717, 1.165) is 23.5 Å². The Morgan fingerprint density at radius 1 is 1.12 bits per heavy atom. The van der Waals surface area contributed by atoms with Crippen LogP contribution in [0.25, 0.3) is 0 Å². The Labute approximate surface area is 99.3 Å². The van der Waals surface area contributed by atoms with Crippen molar-refractivity contribution in [1.82, 2.24) is 0 Å². The van der Waals surface area contributed by atoms with Gasteiger partial charge >= 0.3 is 0 Å². The van der Waals surface area contributed by atoms with E-state index in [1.807, 2.05) is 6.92 Å². The van der Waals surface area contributed by atoms with Crippen LogP contribution in [0, 0.1) is 23.2 Å². The standard InChI is InChI=1S/C15H24O/c1-10(2)16-11(3)15-7-12-4-13(8-15)6-14(5-12)9-15/h11-14H,1,4-9H2,2-3H3. The maximum absolute atomic E-state index is 5.94. The van der Waals surface area contributed by atoms with Crippen LogP contribution < -0.4 is 0 Å². The lowest BCUT2D eigenvalue weighted by Crippen LogP contribution is -2.51. The third-order valence-corrected chi connectivity index (χ3v) is 5.33. The van der Waals surface area contributed by atoms with Crippen molar-refractivity contribution < 1.29 is 4.74 Å². The summed E-state index contributed by atoms with van der Waals surface area (Å²) < 4.78 is 5.94. The van der Waals surface area contributed by atoms with Crippen molar-refractivity contribution in [2.45, 2.75) is 58.5 Å². The first-order valence-electron chi connectivity index (χ1n) is 6.89. The first kappa shape index (κ1) is 10.7. The van der Waals surface area contributed by atoms with E-state index in [0.29, 0.717) is 11.5 Å². The normalized spacial score (nSPS) is 46.8. The maximum atomic E-state index is 5.94. The molecule has 1 unspecified atom stereocenters. The van der Waals surface area contributed by atoms with Crippen molar-refractivity contribution in [3.8, 4) is 0 Å². The van der Waals surface area contributed by atoms with E-state index in [9.17, 15) is 0 Å². The van der Waals surface area contributed by atoms with Crippen molar-refractivity contribution in [3.63, 3.8) is 0 Å². The van der Waals surface area contributed by atoms with Gasteiger partial charge in [-0.25, -0.2) is 0 Å². The van der Waals surface area contributed by atoms with Gasteiger partial charge in [0, 0.05) is 5.41 Å². The minimum Gasteiger partial charge on any atom is -0.495 e. The van der Waals surface area contributed by atoms with E-state index in [-0.39, 0.29) is 0 Å². The highest BCUT2D eigenvalue weighted by atomic mass is 16.5. The van der Waals surface area contributed by atoms with Gasteiger partial charge in [-0.15, -0.1) is 0 Å². The molecule has 0 N–H and O–H groups in total. The smallest absolute Gasteiger partial charge is 0.101 e. The fourth-order valence-corrected chi connectivity index (χ4v) is 5.10. The molecule has 0 aromatic heterocycles. The average Bonchev–Trinajstić information content (AvgIpc) is 2.13. The molecular weight excluding hydrogens is 196 g/mol. The Hall–Kier alpha value is -0.460. The van der Waals surface area contributed by atoms with E-state index in [1.165, 1.54) is 38.5 Å². The van der Waals surface area contributed by atoms with E-state index >= 15 is 0 Å². The van der Waals surface area contributed by atoms with Crippen LogP contribution in [0.4, 0.5) is 0 Å². The zero-order chi connectivity index (χ0) is 11.3. The number of rotatable bonds is 3. The molecule has 4 fully saturated rings. The lowest BCUT2D eigenvalue weighted by Gasteiger charge is -2.58. The summed E-state index contributed by atoms with van der Waals surface area (Å²) in [6.07, 6.45) is 9.20. The Morgan fingerprint density at radius 3 is 1.94 bits per heavy atom. The molecule has 4 rings (SSSR count). The number of allylic oxidation sites excluding steroid dienone is 1. The molecule has 4 saturated carbocycles. The highest BCUT2D eigenvalue weighted by molar-refractivity contribution is 5.04. The monoisotopic (exact) mass is 220 g/mol. The fraction of sp³-hybridized carbons (Fsp3) is 0.867. The fourth-order valence-electron chi connectivity index (χ4n) is 5.10. The van der Waals surface area contributed by atoms with Crippen molar-refractivity contribution in [3.05, 3.63) is 12.3 Å². The van der Waals surface area contributed by atoms with Crippen molar-refractivity contribution in [1.29, 1.82) is 0 Å². The molecule has 16 heavy (non-hydrogen) atoms. The van der Waals surface area contributed by atoms with Gasteiger partial charge in [-0.05, 0) is 70.1 Å². The highest BCUT2D eigenvalue weighted by Crippen LogP contribution is 2.61. The van der Waals surface area contributed by atoms with Gasteiger partial charge in [0.25, 0.3) is 0 Å². The largest absolute Gasteiger partial charge is 0.495 e. The Balaban J connectivity index is 1.80. The topological polar surface area (TPSA) is 9.23 Å². The lowest BCUT2D eigenvalue weighted by molar-refractivity contribution is -0.121. The van der Waals surface area contributed by atoms with Crippen LogP contribution in [0.2, 0.25) is 0 Å². The van der Waals surface area contributed by atoms with Gasteiger partial charge in [0.1, 0.15) is 6.10 Å². The summed E-state index contributed by atoms with van der Waals surface area (Å²) in [5, 5.41) is 0. The highest BCUT2D eigenvalue weighted by Gasteiger charge is 2.53. The number of hydrogen-bond donors (Lipinski definition) is 0. The summed E-state index contributed by atoms with van der Waals surface area (Å²) in [6, 6.07) is 0. The molecule has 1 nitrogen and oxygen atoms in total. The van der Waals surface area contributed by atoms with Crippen LogP contribution in [-0.2, 0) is 4.74 Å². The Morgan fingerprint density at radius 2 is 1.56 bits per heavy atom. The molecule has 0 heterocycles. The summed E-state index contributed by atoms with van der Waals surface area (Å²) >= 11 is 0. The minimum absolute atomic E-state index is 0.387. The second-order valence-electron chi connectivity index (χ2n) is 6.74. The van der Waals surface area contributed by atoms with Crippen LogP contribution >= 0.6 is 0 Å². The molecule has 0 saturated heterocycles. The second-order valence-corrected chi connectivity index (χ2v) is 6.74. The SMILES string of the molecule is C=C(C)OC(C)C12CC3CC(CC(C3)C1)C2. The van der Waals surface area contributed by atoms with Gasteiger partial charge in [-0.2, -0.15) is 0 Å². The van der Waals surface area contributed by atoms with Crippen molar-refractivity contribution in [2.24, 2.45) is 23.2 Å². The molecule has 0 aromatic carbocycles. The maximum Gasteiger partial charge on any atom is 0.101 e. The summed E-state index contributed by atoms with van der Waals surface area (Å²) in [7, 11) is 0. The average molecular weight is 220 g/mol. The van der Waals surface area contributed by atoms with Crippen molar-refractivity contribution in [2.75, 3.05) is 0 Å². The van der Waals surface area contributed by atoms with Crippen LogP contribution in [-0.4, -0.2) is 6.10 Å². The van der Waals surface area contributed by atoms with Gasteiger partial charge in [0.05, 0.1) is 5.76 Å². The quantitative estimate of drug-likeness (QED) is 0.649. The molecular formula is C15H24O. The molecule has 4 bridgehead atoms. The van der Waals surface area contributed by atoms with E-state index < -0.39 is 0 Å². The summed E-state index contributed by atoms with van der Waals surface area (Å²) in [4.78, 5) is 0. The van der Waals surface area contributed by atoms with E-state index in [1.54, 1.807) is 0 Å². The Bertz CT molecular complexity index is 269. The Kier molecular flexibility index (Phi) is 2.35. The van der Waals surface area contributed by atoms with Crippen LogP contribution in [0.15, 0.2) is 12.3 Å². The molecule has 0 spiro atoms. The van der Waals surface area contributed by atoms with Gasteiger partial charge in [0.15, 0.2) is 0 Å². The first-order chi connectivity index (χ1) is 7.57. The molecule has 4 aliphatic carbocycles. The number of hydrogen-bond acceptors (Lipinski definition) is 1. The molecule has 4 aliphatic rings. The summed E-state index contributed by atoms with van der Waals surface area (Å²) in [6.45, 7) is 8.16. The molecule has 1 atom stereocenters. The van der Waals surface area contributed by atoms with Crippen LogP contribution in [0.1, 0.15) is 52.4 Å². The summed E-state index contributed by atoms with van der Waals surface area (Å²) in [5.74, 6) is 3.94. The predicted molar refractivity (Wildman–Crippen MR) is 66.0 cm³/mol. The zero-order valence-electron chi connectivity index (χ0n) is 10.7. The molecule has 0 amide bonds. The zero-order valence-corrected chi connectivity index (χ0v) is 10.7. The van der Waals surface area contributed by atoms with Gasteiger partial charge in [-0.1, -0.05) is 6.58 Å². The lowest BCUT2D eigenvalue weighted by atomic mass is 9.48. The van der Waals surface area contributed by atoms with Gasteiger partial charge in [-0.3, -0.25) is 0 Å². The molecule has 90 valence electrons. The van der Waals surface area contributed by atoms with E-state index in [2.05, 4.69) is 13.5 Å². The van der Waals surface area contributed by atoms with Gasteiger partial charge in [0.2, 0.25) is 0 Å². The van der Waals surface area contributed by atoms with Crippen molar-refractivity contribution >= 4 is 0 Å². The van der Waals surface area contributed by atoms with Crippen LogP contribution in [0.5, 0.6) is 0 Å². The number of ether oxygens (including phenoxy) is 1.